The van der Waals surface area contributed by atoms with Crippen molar-refractivity contribution in [2.24, 2.45) is 0 Å². The molecule has 0 N–H and O–H groups in total. The van der Waals surface area contributed by atoms with Crippen molar-refractivity contribution in [2.45, 2.75) is 6.04 Å². The first-order chi connectivity index (χ1) is 15.6. The van der Waals surface area contributed by atoms with E-state index >= 15 is 0 Å². The Morgan fingerprint density at radius 2 is 1.38 bits per heavy atom. The number of nitrogens with zero attached hydrogens (tertiary/aromatic N) is 2. The van der Waals surface area contributed by atoms with Gasteiger partial charge in [0.05, 0.1) is 11.6 Å². The quantitative estimate of drug-likeness (QED) is 0.614. The Labute approximate surface area is 184 Å². The number of piperazine rings is 1. The monoisotopic (exact) mass is 436 g/mol. The number of ether oxygens (including phenoxy) is 2. The molecule has 0 radical (unpaired) electrons. The fourth-order valence-electron chi connectivity index (χ4n) is 4.36. The molecule has 2 aliphatic rings. The molecule has 164 valence electrons. The van der Waals surface area contributed by atoms with Gasteiger partial charge in [0.2, 0.25) is 6.79 Å². The molecular formula is C25H22F2N2O3. The lowest BCUT2D eigenvalue weighted by atomic mass is 9.96. The first-order valence-corrected chi connectivity index (χ1v) is 10.5. The van der Waals surface area contributed by atoms with Gasteiger partial charge in [0.25, 0.3) is 5.91 Å². The van der Waals surface area contributed by atoms with E-state index in [2.05, 4.69) is 4.90 Å². The van der Waals surface area contributed by atoms with Gasteiger partial charge in [0.15, 0.2) is 11.5 Å². The van der Waals surface area contributed by atoms with Crippen LogP contribution in [0.2, 0.25) is 0 Å². The van der Waals surface area contributed by atoms with Gasteiger partial charge in [-0.2, -0.15) is 0 Å². The number of rotatable bonds is 4. The molecule has 0 unspecified atom stereocenters. The van der Waals surface area contributed by atoms with Gasteiger partial charge >= 0.3 is 0 Å². The van der Waals surface area contributed by atoms with E-state index in [1.54, 1.807) is 47.4 Å². The van der Waals surface area contributed by atoms with E-state index in [1.807, 2.05) is 0 Å². The van der Waals surface area contributed by atoms with Crippen molar-refractivity contribution in [3.63, 3.8) is 0 Å². The Kier molecular flexibility index (Phi) is 5.49. The fraction of sp³-hybridized carbons (Fsp3) is 0.240. The summed E-state index contributed by atoms with van der Waals surface area (Å²) in [6, 6.07) is 17.9. The van der Waals surface area contributed by atoms with Crippen molar-refractivity contribution in [1.82, 2.24) is 9.80 Å². The molecule has 0 saturated carbocycles. The number of carbonyl (C=O) groups is 1. The van der Waals surface area contributed by atoms with Crippen molar-refractivity contribution in [1.29, 1.82) is 0 Å². The minimum absolute atomic E-state index is 0.0906. The average molecular weight is 436 g/mol. The average Bonchev–Trinajstić information content (AvgIpc) is 3.31. The Bertz CT molecular complexity index is 1070. The normalized spacial score (nSPS) is 15.9. The predicted octanol–water partition coefficient (Wildman–Crippen LogP) is 4.24. The summed E-state index contributed by atoms with van der Waals surface area (Å²) in [6.07, 6.45) is 0. The highest BCUT2D eigenvalue weighted by atomic mass is 19.1. The maximum atomic E-state index is 13.5. The van der Waals surface area contributed by atoms with Gasteiger partial charge in [0, 0.05) is 26.2 Å². The smallest absolute Gasteiger partial charge is 0.257 e. The largest absolute Gasteiger partial charge is 0.454 e. The van der Waals surface area contributed by atoms with Crippen molar-refractivity contribution in [3.8, 4) is 11.5 Å². The number of benzene rings is 3. The molecule has 5 rings (SSSR count). The molecular weight excluding hydrogens is 414 g/mol. The van der Waals surface area contributed by atoms with E-state index in [-0.39, 0.29) is 30.4 Å². The summed E-state index contributed by atoms with van der Waals surface area (Å²) in [5, 5.41) is 0. The zero-order valence-electron chi connectivity index (χ0n) is 17.3. The van der Waals surface area contributed by atoms with Gasteiger partial charge in [-0.25, -0.2) is 8.78 Å². The zero-order valence-corrected chi connectivity index (χ0v) is 17.3. The summed E-state index contributed by atoms with van der Waals surface area (Å²) < 4.78 is 37.9. The summed E-state index contributed by atoms with van der Waals surface area (Å²) in [5.74, 6) is 0.386. The second-order valence-corrected chi connectivity index (χ2v) is 7.87. The third kappa shape index (κ3) is 3.91. The molecule has 0 spiro atoms. The second kappa shape index (κ2) is 8.59. The Balaban J connectivity index is 1.36. The van der Waals surface area contributed by atoms with E-state index in [0.717, 1.165) is 11.1 Å². The third-order valence-electron chi connectivity index (χ3n) is 5.97. The second-order valence-electron chi connectivity index (χ2n) is 7.87. The molecule has 5 nitrogen and oxygen atoms in total. The number of carbonyl (C=O) groups excluding carboxylic acids is 1. The maximum Gasteiger partial charge on any atom is 0.257 e. The van der Waals surface area contributed by atoms with E-state index in [4.69, 9.17) is 9.47 Å². The van der Waals surface area contributed by atoms with Crippen LogP contribution in [0.1, 0.15) is 27.5 Å². The summed E-state index contributed by atoms with van der Waals surface area (Å²) in [6.45, 7) is 2.42. The Morgan fingerprint density at radius 1 is 0.781 bits per heavy atom. The van der Waals surface area contributed by atoms with Crippen LogP contribution < -0.4 is 9.47 Å². The van der Waals surface area contributed by atoms with Crippen LogP contribution in [0.3, 0.4) is 0 Å². The molecule has 3 aromatic rings. The molecule has 1 amide bonds. The van der Waals surface area contributed by atoms with E-state index < -0.39 is 0 Å². The molecule has 3 aromatic carbocycles. The van der Waals surface area contributed by atoms with Crippen molar-refractivity contribution < 1.29 is 23.0 Å². The molecule has 0 bridgehead atoms. The van der Waals surface area contributed by atoms with Gasteiger partial charge in [0.1, 0.15) is 11.6 Å². The first-order valence-electron chi connectivity index (χ1n) is 10.5. The standard InChI is InChI=1S/C25H22F2N2O3/c26-19-8-4-17(5-9-19)23(18-6-10-20(27)11-7-18)28-12-14-29(15-13-28)25(30)21-2-1-3-22-24(21)32-16-31-22/h1-11,23H,12-16H2. The molecule has 32 heavy (non-hydrogen) atoms. The minimum atomic E-state index is -0.302. The van der Waals surface area contributed by atoms with Crippen LogP contribution in [0.15, 0.2) is 66.7 Å². The van der Waals surface area contributed by atoms with Crippen LogP contribution in [0.25, 0.3) is 0 Å². The number of para-hydroxylation sites is 1. The summed E-state index contributed by atoms with van der Waals surface area (Å²) in [7, 11) is 0. The topological polar surface area (TPSA) is 42.0 Å². The van der Waals surface area contributed by atoms with Crippen LogP contribution >= 0.6 is 0 Å². The SMILES string of the molecule is O=C(c1cccc2c1OCO2)N1CCN(C(c2ccc(F)cc2)c2ccc(F)cc2)CC1. The molecule has 0 aliphatic carbocycles. The van der Waals surface area contributed by atoms with Crippen LogP contribution in [0.5, 0.6) is 11.5 Å². The Morgan fingerprint density at radius 3 is 1.97 bits per heavy atom. The zero-order chi connectivity index (χ0) is 22.1. The van der Waals surface area contributed by atoms with E-state index in [0.29, 0.717) is 43.2 Å². The van der Waals surface area contributed by atoms with Crippen LogP contribution in [0, 0.1) is 11.6 Å². The van der Waals surface area contributed by atoms with E-state index in [9.17, 15) is 13.6 Å². The highest BCUT2D eigenvalue weighted by Gasteiger charge is 2.31. The number of halogens is 2. The molecule has 1 fully saturated rings. The summed E-state index contributed by atoms with van der Waals surface area (Å²) in [4.78, 5) is 17.2. The van der Waals surface area contributed by atoms with Crippen molar-refractivity contribution in [3.05, 3.63) is 95.1 Å². The van der Waals surface area contributed by atoms with Crippen molar-refractivity contribution in [2.75, 3.05) is 33.0 Å². The highest BCUT2D eigenvalue weighted by molar-refractivity contribution is 5.98. The Hall–Kier alpha value is -3.45. The van der Waals surface area contributed by atoms with Crippen LogP contribution in [-0.4, -0.2) is 48.7 Å². The highest BCUT2D eigenvalue weighted by Crippen LogP contribution is 2.36. The van der Waals surface area contributed by atoms with Gasteiger partial charge < -0.3 is 14.4 Å². The summed E-state index contributed by atoms with van der Waals surface area (Å²) >= 11 is 0. The lowest BCUT2D eigenvalue weighted by molar-refractivity contribution is 0.0593. The van der Waals surface area contributed by atoms with E-state index in [1.165, 1.54) is 24.3 Å². The molecule has 0 atom stereocenters. The number of hydrogen-bond acceptors (Lipinski definition) is 4. The predicted molar refractivity (Wildman–Crippen MR) is 115 cm³/mol. The number of amides is 1. The van der Waals surface area contributed by atoms with Crippen LogP contribution in [0.4, 0.5) is 8.78 Å². The van der Waals surface area contributed by atoms with Crippen molar-refractivity contribution >= 4 is 5.91 Å². The maximum absolute atomic E-state index is 13.5. The number of fused-ring (bicyclic) bond motifs is 1. The van der Waals surface area contributed by atoms with Gasteiger partial charge in [-0.1, -0.05) is 30.3 Å². The molecule has 2 heterocycles. The molecule has 0 aromatic heterocycles. The van der Waals surface area contributed by atoms with Gasteiger partial charge in [-0.05, 0) is 47.5 Å². The minimum Gasteiger partial charge on any atom is -0.454 e. The lowest BCUT2D eigenvalue weighted by Gasteiger charge is -2.40. The molecule has 7 heteroatoms. The first kappa shape index (κ1) is 20.5. The molecule has 1 saturated heterocycles. The number of hydrogen-bond donors (Lipinski definition) is 0. The van der Waals surface area contributed by atoms with Gasteiger partial charge in [-0.15, -0.1) is 0 Å². The van der Waals surface area contributed by atoms with Gasteiger partial charge in [-0.3, -0.25) is 9.69 Å². The molecule has 2 aliphatic heterocycles. The fourth-order valence-corrected chi connectivity index (χ4v) is 4.36. The van der Waals surface area contributed by atoms with Crippen LogP contribution in [-0.2, 0) is 0 Å². The third-order valence-corrected chi connectivity index (χ3v) is 5.97. The lowest BCUT2D eigenvalue weighted by Crippen LogP contribution is -2.49. The summed E-state index contributed by atoms with van der Waals surface area (Å²) in [5.41, 5.74) is 2.34.